The average Bonchev–Trinajstić information content (AvgIpc) is 3.27. The molecule has 0 aliphatic rings. The fourth-order valence-electron chi connectivity index (χ4n) is 3.20. The highest BCUT2D eigenvalue weighted by Crippen LogP contribution is 2.32. The van der Waals surface area contributed by atoms with Gasteiger partial charge in [-0.3, -0.25) is 14.8 Å². The van der Waals surface area contributed by atoms with E-state index in [-0.39, 0.29) is 40.6 Å². The lowest BCUT2D eigenvalue weighted by Gasteiger charge is -2.22. The van der Waals surface area contributed by atoms with E-state index in [2.05, 4.69) is 36.6 Å². The van der Waals surface area contributed by atoms with Gasteiger partial charge < -0.3 is 14.8 Å². The van der Waals surface area contributed by atoms with Gasteiger partial charge in [0.1, 0.15) is 29.3 Å². The Morgan fingerprint density at radius 3 is 2.73 bits per heavy atom. The third-order valence-corrected chi connectivity index (χ3v) is 5.18. The van der Waals surface area contributed by atoms with E-state index >= 15 is 0 Å². The number of carbonyl (C=O) groups excluding carboxylic acids is 2. The van der Waals surface area contributed by atoms with Crippen LogP contribution in [0.4, 0.5) is 15.0 Å². The largest absolute Gasteiger partial charge is 0.482 e. The van der Waals surface area contributed by atoms with Crippen LogP contribution in [0.25, 0.3) is 0 Å². The van der Waals surface area contributed by atoms with Crippen LogP contribution in [0.3, 0.4) is 0 Å². The molecule has 0 saturated carbocycles. The van der Waals surface area contributed by atoms with Gasteiger partial charge in [-0.2, -0.15) is 10.4 Å². The molecular formula is C25H26BrFN6O4. The normalized spacial score (nSPS) is 13.4. The first kappa shape index (κ1) is 23.4. The quantitative estimate of drug-likeness (QED) is 0.405. The summed E-state index contributed by atoms with van der Waals surface area (Å²) in [7, 11) is 0. The lowest BCUT2D eigenvalue weighted by molar-refractivity contribution is 0.0634. The Labute approximate surface area is 226 Å². The van der Waals surface area contributed by atoms with E-state index in [0.717, 1.165) is 12.1 Å². The zero-order valence-electron chi connectivity index (χ0n) is 23.4. The van der Waals surface area contributed by atoms with Crippen molar-refractivity contribution in [3.05, 3.63) is 69.3 Å². The summed E-state index contributed by atoms with van der Waals surface area (Å²) in [5.74, 6) is -1.06. The summed E-state index contributed by atoms with van der Waals surface area (Å²) in [5, 5.41) is 18.2. The summed E-state index contributed by atoms with van der Waals surface area (Å²) in [4.78, 5) is 29.5. The Hall–Kier alpha value is -3.98. The lowest BCUT2D eigenvalue weighted by atomic mass is 10.0. The number of aryl methyl sites for hydroxylation is 1. The molecule has 194 valence electrons. The first-order valence-electron chi connectivity index (χ1n) is 12.5. The molecule has 2 amide bonds. The first-order valence-corrected chi connectivity index (χ1v) is 11.8. The van der Waals surface area contributed by atoms with Gasteiger partial charge in [0.2, 0.25) is 0 Å². The number of amides is 2. The molecule has 2 aromatic heterocycles. The minimum Gasteiger partial charge on any atom is -0.482 e. The van der Waals surface area contributed by atoms with Crippen LogP contribution in [0.1, 0.15) is 65.2 Å². The topological polar surface area (TPSA) is 131 Å². The molecule has 0 fully saturated rings. The molecule has 0 aliphatic heterocycles. The van der Waals surface area contributed by atoms with Gasteiger partial charge in [0.05, 0.1) is 12.2 Å². The van der Waals surface area contributed by atoms with Crippen molar-refractivity contribution in [2.45, 2.75) is 45.9 Å². The van der Waals surface area contributed by atoms with Crippen molar-refractivity contribution >= 4 is 33.7 Å². The van der Waals surface area contributed by atoms with Gasteiger partial charge in [-0.1, -0.05) is 0 Å². The molecule has 2 N–H and O–H groups in total. The number of nitriles is 1. The maximum absolute atomic E-state index is 14.3. The van der Waals surface area contributed by atoms with Crippen LogP contribution in [-0.4, -0.2) is 32.4 Å². The molecule has 3 aromatic rings. The molecular weight excluding hydrogens is 547 g/mol. The Morgan fingerprint density at radius 2 is 2.08 bits per heavy atom. The van der Waals surface area contributed by atoms with Gasteiger partial charge in [0.25, 0.3) is 5.91 Å². The number of hydrogen-bond acceptors (Lipinski definition) is 7. The standard InChI is InChI=1S/C25H26BrFN6O4/c1-14(36-21-8-15(26)12-29-22(21)31-24(35)37-25(2,3)4)20-9-16(27)6-7-19(20)23(34)30-13-17-10-18(11-28)33(5)32-17/h6-10,12,14H,13H2,1-5H3,(H,30,34)(H,29,31,35)/t14-/m1/s1/i5D3. The van der Waals surface area contributed by atoms with Crippen LogP contribution in [-0.2, 0) is 18.3 Å². The third-order valence-electron chi connectivity index (χ3n) is 4.74. The number of hydrogen-bond donors (Lipinski definition) is 2. The van der Waals surface area contributed by atoms with Gasteiger partial charge in [0.15, 0.2) is 11.6 Å². The number of nitrogens with one attached hydrogen (secondary N) is 2. The fourth-order valence-corrected chi connectivity index (χ4v) is 3.51. The highest BCUT2D eigenvalue weighted by molar-refractivity contribution is 9.10. The molecule has 1 aromatic carbocycles. The molecule has 0 unspecified atom stereocenters. The molecule has 0 spiro atoms. The van der Waals surface area contributed by atoms with Crippen molar-refractivity contribution in [2.24, 2.45) is 6.98 Å². The zero-order chi connectivity index (χ0) is 29.8. The van der Waals surface area contributed by atoms with E-state index in [9.17, 15) is 19.2 Å². The number of ether oxygens (including phenoxy) is 2. The summed E-state index contributed by atoms with van der Waals surface area (Å²) in [6.45, 7) is 3.85. The molecule has 0 aliphatic carbocycles. The minimum absolute atomic E-state index is 0.0462. The predicted octanol–water partition coefficient (Wildman–Crippen LogP) is 5.01. The van der Waals surface area contributed by atoms with Gasteiger partial charge in [0, 0.05) is 32.9 Å². The number of halogens is 2. The number of anilines is 1. The number of carbonyl (C=O) groups is 2. The number of nitrogens with zero attached hydrogens (tertiary/aromatic N) is 4. The molecule has 37 heavy (non-hydrogen) atoms. The van der Waals surface area contributed by atoms with Crippen molar-refractivity contribution in [3.63, 3.8) is 0 Å². The minimum atomic E-state index is -2.66. The van der Waals surface area contributed by atoms with Crippen LogP contribution in [0.5, 0.6) is 5.75 Å². The van der Waals surface area contributed by atoms with Crippen molar-refractivity contribution in [3.8, 4) is 11.8 Å². The number of rotatable bonds is 7. The van der Waals surface area contributed by atoms with Crippen molar-refractivity contribution < 1.29 is 27.6 Å². The molecule has 1 atom stereocenters. The van der Waals surface area contributed by atoms with E-state index in [1.54, 1.807) is 39.8 Å². The van der Waals surface area contributed by atoms with E-state index in [1.807, 2.05) is 0 Å². The Kier molecular flexibility index (Phi) is 7.21. The van der Waals surface area contributed by atoms with Gasteiger partial charge in [-0.05, 0) is 74.0 Å². The number of benzene rings is 1. The summed E-state index contributed by atoms with van der Waals surface area (Å²) in [5.41, 5.74) is -0.529. The van der Waals surface area contributed by atoms with Crippen molar-refractivity contribution in [2.75, 3.05) is 5.32 Å². The number of aromatic nitrogens is 3. The van der Waals surface area contributed by atoms with E-state index in [0.29, 0.717) is 9.15 Å². The SMILES string of the molecule is [2H]C([2H])([2H])n1nc(CNC(=O)c2ccc(F)cc2[C@@H](C)Oc2cc(Br)cnc2NC(=O)OC(C)(C)C)cc1C#N. The summed E-state index contributed by atoms with van der Waals surface area (Å²) < 4.78 is 49.1. The van der Waals surface area contributed by atoms with Gasteiger partial charge in [-0.15, -0.1) is 0 Å². The monoisotopic (exact) mass is 575 g/mol. The Balaban J connectivity index is 1.82. The Morgan fingerprint density at radius 1 is 1.32 bits per heavy atom. The summed E-state index contributed by atoms with van der Waals surface area (Å²) in [6, 6.07) is 8.08. The van der Waals surface area contributed by atoms with Crippen LogP contribution < -0.4 is 15.4 Å². The fraction of sp³-hybridized carbons (Fsp3) is 0.320. The zero-order valence-corrected chi connectivity index (χ0v) is 22.0. The summed E-state index contributed by atoms with van der Waals surface area (Å²) in [6.07, 6.45) is -0.214. The average molecular weight is 576 g/mol. The van der Waals surface area contributed by atoms with Crippen LogP contribution >= 0.6 is 15.9 Å². The van der Waals surface area contributed by atoms with Gasteiger partial charge >= 0.3 is 6.09 Å². The van der Waals surface area contributed by atoms with Crippen LogP contribution in [0.2, 0.25) is 0 Å². The van der Waals surface area contributed by atoms with Crippen LogP contribution in [0.15, 0.2) is 41.0 Å². The smallest absolute Gasteiger partial charge is 0.413 e. The van der Waals surface area contributed by atoms with Crippen molar-refractivity contribution in [1.82, 2.24) is 20.1 Å². The second kappa shape index (κ2) is 11.4. The van der Waals surface area contributed by atoms with Crippen molar-refractivity contribution in [1.29, 1.82) is 5.26 Å². The second-order valence-electron chi connectivity index (χ2n) is 8.85. The number of pyridine rings is 1. The maximum Gasteiger partial charge on any atom is 0.413 e. The molecule has 2 heterocycles. The highest BCUT2D eigenvalue weighted by Gasteiger charge is 2.22. The van der Waals surface area contributed by atoms with E-state index in [1.165, 1.54) is 18.3 Å². The molecule has 3 rings (SSSR count). The molecule has 0 bridgehead atoms. The van der Waals surface area contributed by atoms with E-state index < -0.39 is 36.5 Å². The highest BCUT2D eigenvalue weighted by atomic mass is 79.9. The molecule has 0 saturated heterocycles. The second-order valence-corrected chi connectivity index (χ2v) is 9.76. The molecule has 12 heteroatoms. The molecule has 0 radical (unpaired) electrons. The van der Waals surface area contributed by atoms with Crippen LogP contribution in [0, 0.1) is 17.1 Å². The first-order chi connectivity index (χ1) is 18.6. The predicted molar refractivity (Wildman–Crippen MR) is 136 cm³/mol. The Bertz CT molecular complexity index is 1470. The maximum atomic E-state index is 14.3. The third kappa shape index (κ3) is 7.50. The molecule has 10 nitrogen and oxygen atoms in total. The van der Waals surface area contributed by atoms with E-state index in [4.69, 9.17) is 13.6 Å². The van der Waals surface area contributed by atoms with Gasteiger partial charge in [-0.25, -0.2) is 14.2 Å². The lowest BCUT2D eigenvalue weighted by Crippen LogP contribution is -2.28. The summed E-state index contributed by atoms with van der Waals surface area (Å²) >= 11 is 3.30.